The molecule has 2 aromatic rings. The van der Waals surface area contributed by atoms with Gasteiger partial charge in [0.1, 0.15) is 5.65 Å². The van der Waals surface area contributed by atoms with Crippen LogP contribution in [0, 0.1) is 0 Å². The van der Waals surface area contributed by atoms with Crippen molar-refractivity contribution >= 4 is 17.0 Å². The lowest BCUT2D eigenvalue weighted by Gasteiger charge is -1.99. The van der Waals surface area contributed by atoms with Crippen LogP contribution in [0.25, 0.3) is 11.0 Å². The number of pyridine rings is 1. The van der Waals surface area contributed by atoms with E-state index >= 15 is 0 Å². The van der Waals surface area contributed by atoms with E-state index in [1.807, 2.05) is 12.1 Å². The number of carboxylic acid groups (broad SMARTS) is 1. The third kappa shape index (κ3) is 1.46. The third-order valence-corrected chi connectivity index (χ3v) is 3.02. The van der Waals surface area contributed by atoms with Crippen LogP contribution in [0.4, 0.5) is 0 Å². The van der Waals surface area contributed by atoms with Crippen molar-refractivity contribution in [2.45, 2.75) is 25.2 Å². The van der Waals surface area contributed by atoms with Gasteiger partial charge in [-0.15, -0.1) is 0 Å². The Balaban J connectivity index is 2.18. The van der Waals surface area contributed by atoms with Crippen molar-refractivity contribution in [3.63, 3.8) is 0 Å². The Morgan fingerprint density at radius 2 is 2.38 bits per heavy atom. The zero-order valence-corrected chi connectivity index (χ0v) is 8.73. The molecule has 0 aromatic carbocycles. The highest BCUT2D eigenvalue weighted by molar-refractivity contribution is 5.86. The minimum Gasteiger partial charge on any atom is -0.481 e. The molecule has 0 bridgehead atoms. The lowest BCUT2D eigenvalue weighted by Crippen LogP contribution is -2.01. The minimum atomic E-state index is -0.786. The number of H-pyrrole nitrogens is 1. The summed E-state index contributed by atoms with van der Waals surface area (Å²) in [7, 11) is 0. The van der Waals surface area contributed by atoms with Gasteiger partial charge in [-0.2, -0.15) is 0 Å². The van der Waals surface area contributed by atoms with Crippen molar-refractivity contribution in [2.75, 3.05) is 0 Å². The Bertz CT molecular complexity index is 555. The maximum Gasteiger partial charge on any atom is 0.307 e. The molecule has 82 valence electrons. The first-order chi connectivity index (χ1) is 7.75. The predicted molar refractivity (Wildman–Crippen MR) is 59.4 cm³/mol. The summed E-state index contributed by atoms with van der Waals surface area (Å²) < 4.78 is 0. The molecule has 1 saturated carbocycles. The normalized spacial score (nSPS) is 15.5. The minimum absolute atomic E-state index is 0.0809. The fraction of sp³-hybridized carbons (Fsp3) is 0.333. The third-order valence-electron chi connectivity index (χ3n) is 3.02. The first-order valence-corrected chi connectivity index (χ1v) is 5.43. The molecular weight excluding hydrogens is 204 g/mol. The molecule has 4 heteroatoms. The maximum absolute atomic E-state index is 10.9. The smallest absolute Gasteiger partial charge is 0.307 e. The fourth-order valence-electron chi connectivity index (χ4n) is 2.16. The molecule has 4 nitrogen and oxygen atoms in total. The highest BCUT2D eigenvalue weighted by Crippen LogP contribution is 2.42. The zero-order chi connectivity index (χ0) is 11.1. The average molecular weight is 216 g/mol. The molecule has 0 saturated heterocycles. The van der Waals surface area contributed by atoms with Crippen LogP contribution in [0.2, 0.25) is 0 Å². The number of carbonyl (C=O) groups is 1. The lowest BCUT2D eigenvalue weighted by molar-refractivity contribution is -0.136. The standard InChI is InChI=1S/C12H12N2O2/c15-10(16)6-9-8-2-1-5-13-12(8)14-11(9)7-3-4-7/h1-2,5,7H,3-4,6H2,(H,13,14)(H,15,16). The number of aliphatic carboxylic acids is 1. The van der Waals surface area contributed by atoms with Crippen LogP contribution in [-0.2, 0) is 11.2 Å². The van der Waals surface area contributed by atoms with E-state index in [0.717, 1.165) is 35.1 Å². The quantitative estimate of drug-likeness (QED) is 0.825. The van der Waals surface area contributed by atoms with E-state index < -0.39 is 5.97 Å². The van der Waals surface area contributed by atoms with E-state index in [9.17, 15) is 4.79 Å². The number of rotatable bonds is 3. The van der Waals surface area contributed by atoms with Crippen molar-refractivity contribution in [3.8, 4) is 0 Å². The predicted octanol–water partition coefficient (Wildman–Crippen LogP) is 2.07. The Morgan fingerprint density at radius 1 is 1.56 bits per heavy atom. The first-order valence-electron chi connectivity index (χ1n) is 5.43. The second-order valence-electron chi connectivity index (χ2n) is 4.26. The molecule has 16 heavy (non-hydrogen) atoms. The number of hydrogen-bond acceptors (Lipinski definition) is 2. The van der Waals surface area contributed by atoms with Gasteiger partial charge in [-0.25, -0.2) is 4.98 Å². The van der Waals surface area contributed by atoms with Crippen LogP contribution in [0.15, 0.2) is 18.3 Å². The van der Waals surface area contributed by atoms with Crippen molar-refractivity contribution in [1.82, 2.24) is 9.97 Å². The van der Waals surface area contributed by atoms with Crippen LogP contribution in [0.5, 0.6) is 0 Å². The van der Waals surface area contributed by atoms with E-state index in [2.05, 4.69) is 9.97 Å². The summed E-state index contributed by atoms with van der Waals surface area (Å²) in [5.41, 5.74) is 2.80. The van der Waals surface area contributed by atoms with Crippen LogP contribution < -0.4 is 0 Å². The molecule has 0 radical (unpaired) electrons. The topological polar surface area (TPSA) is 66.0 Å². The van der Waals surface area contributed by atoms with E-state index in [1.165, 1.54) is 0 Å². The van der Waals surface area contributed by atoms with Crippen LogP contribution in [0.1, 0.15) is 30.0 Å². The summed E-state index contributed by atoms with van der Waals surface area (Å²) in [5, 5.41) is 9.89. The number of nitrogens with one attached hydrogen (secondary N) is 1. The second kappa shape index (κ2) is 3.33. The molecule has 1 aliphatic rings. The van der Waals surface area contributed by atoms with Crippen LogP contribution >= 0.6 is 0 Å². The van der Waals surface area contributed by atoms with E-state index in [4.69, 9.17) is 5.11 Å². The summed E-state index contributed by atoms with van der Waals surface area (Å²) in [5.74, 6) is -0.268. The molecule has 0 aliphatic heterocycles. The average Bonchev–Trinajstić information content (AvgIpc) is 3.03. The number of carboxylic acids is 1. The molecule has 2 aromatic heterocycles. The molecule has 1 aliphatic carbocycles. The molecule has 3 rings (SSSR count). The van der Waals surface area contributed by atoms with Crippen molar-refractivity contribution in [3.05, 3.63) is 29.6 Å². The Morgan fingerprint density at radius 3 is 3.06 bits per heavy atom. The summed E-state index contributed by atoms with van der Waals surface area (Å²) in [6, 6.07) is 3.78. The monoisotopic (exact) mass is 216 g/mol. The number of nitrogens with zero attached hydrogens (tertiary/aromatic N) is 1. The SMILES string of the molecule is O=C(O)Cc1c(C2CC2)[nH]c2ncccc12. The van der Waals surface area contributed by atoms with Gasteiger partial charge in [0.25, 0.3) is 0 Å². The van der Waals surface area contributed by atoms with Gasteiger partial charge in [-0.3, -0.25) is 4.79 Å². The molecule has 0 unspecified atom stereocenters. The number of fused-ring (bicyclic) bond motifs is 1. The highest BCUT2D eigenvalue weighted by atomic mass is 16.4. The van der Waals surface area contributed by atoms with Crippen LogP contribution in [-0.4, -0.2) is 21.0 Å². The van der Waals surface area contributed by atoms with Gasteiger partial charge in [0.05, 0.1) is 6.42 Å². The van der Waals surface area contributed by atoms with Crippen molar-refractivity contribution < 1.29 is 9.90 Å². The first kappa shape index (κ1) is 9.39. The van der Waals surface area contributed by atoms with Gasteiger partial charge in [-0.05, 0) is 36.5 Å². The molecule has 0 amide bonds. The van der Waals surface area contributed by atoms with Crippen LogP contribution in [0.3, 0.4) is 0 Å². The maximum atomic E-state index is 10.9. The molecule has 2 N–H and O–H groups in total. The molecule has 0 spiro atoms. The molecule has 0 atom stereocenters. The van der Waals surface area contributed by atoms with Crippen molar-refractivity contribution in [2.24, 2.45) is 0 Å². The summed E-state index contributed by atoms with van der Waals surface area (Å²) in [6.45, 7) is 0. The largest absolute Gasteiger partial charge is 0.481 e. The summed E-state index contributed by atoms with van der Waals surface area (Å²) in [4.78, 5) is 18.4. The summed E-state index contributed by atoms with van der Waals surface area (Å²) in [6.07, 6.45) is 4.11. The lowest BCUT2D eigenvalue weighted by atomic mass is 10.1. The number of hydrogen-bond donors (Lipinski definition) is 2. The number of aromatic amines is 1. The molecule has 1 fully saturated rings. The van der Waals surface area contributed by atoms with Gasteiger partial charge in [-0.1, -0.05) is 0 Å². The Hall–Kier alpha value is -1.84. The van der Waals surface area contributed by atoms with Gasteiger partial charge < -0.3 is 10.1 Å². The summed E-state index contributed by atoms with van der Waals surface area (Å²) >= 11 is 0. The van der Waals surface area contributed by atoms with E-state index in [0.29, 0.717) is 5.92 Å². The van der Waals surface area contributed by atoms with Gasteiger partial charge in [0.15, 0.2) is 0 Å². The zero-order valence-electron chi connectivity index (χ0n) is 8.73. The fourth-order valence-corrected chi connectivity index (χ4v) is 2.16. The Kier molecular flexibility index (Phi) is 1.96. The van der Waals surface area contributed by atoms with Crippen molar-refractivity contribution in [1.29, 1.82) is 0 Å². The molecule has 2 heterocycles. The Labute approximate surface area is 92.3 Å². The number of aromatic nitrogens is 2. The van der Waals surface area contributed by atoms with Gasteiger partial charge in [0, 0.05) is 17.3 Å². The van der Waals surface area contributed by atoms with Gasteiger partial charge in [0.2, 0.25) is 0 Å². The molecular formula is C12H12N2O2. The van der Waals surface area contributed by atoms with E-state index in [1.54, 1.807) is 6.20 Å². The van der Waals surface area contributed by atoms with Gasteiger partial charge >= 0.3 is 5.97 Å². The second-order valence-corrected chi connectivity index (χ2v) is 4.26. The van der Waals surface area contributed by atoms with E-state index in [-0.39, 0.29) is 6.42 Å². The highest BCUT2D eigenvalue weighted by Gasteiger charge is 2.29.